The zero-order valence-corrected chi connectivity index (χ0v) is 16.6. The van der Waals surface area contributed by atoms with Crippen LogP contribution in [0.3, 0.4) is 0 Å². The Morgan fingerprint density at radius 2 is 2.00 bits per heavy atom. The average Bonchev–Trinajstić information content (AvgIpc) is 2.69. The third-order valence-corrected chi connectivity index (χ3v) is 4.00. The fourth-order valence-corrected chi connectivity index (χ4v) is 2.52. The lowest BCUT2D eigenvalue weighted by molar-refractivity contribution is -0.517. The van der Waals surface area contributed by atoms with E-state index >= 15 is 0 Å². The molecule has 2 aromatic carbocycles. The van der Waals surface area contributed by atoms with Crippen LogP contribution in [0.5, 0.6) is 5.75 Å². The third-order valence-electron chi connectivity index (χ3n) is 4.00. The molecule has 0 aromatic heterocycles. The Balaban J connectivity index is 2.16. The molecule has 0 spiro atoms. The van der Waals surface area contributed by atoms with Crippen LogP contribution >= 0.6 is 0 Å². The van der Waals surface area contributed by atoms with Crippen LogP contribution in [-0.4, -0.2) is 18.7 Å². The Labute approximate surface area is 169 Å². The number of nitrogens with one attached hydrogen (secondary N) is 2. The minimum absolute atomic E-state index is 0.160. The minimum atomic E-state index is -0.476. The van der Waals surface area contributed by atoms with Crippen LogP contribution in [-0.2, 0) is 4.79 Å². The molecule has 7 heteroatoms. The van der Waals surface area contributed by atoms with Gasteiger partial charge in [-0.3, -0.25) is 10.1 Å². The van der Waals surface area contributed by atoms with Crippen molar-refractivity contribution in [2.75, 3.05) is 11.9 Å². The van der Waals surface area contributed by atoms with Crippen molar-refractivity contribution >= 4 is 23.5 Å². The number of carbonyl (C=O) groups excluding carboxylic acids is 1. The number of hydrogen-bond donors (Lipinski definition) is 3. The first-order chi connectivity index (χ1) is 13.8. The van der Waals surface area contributed by atoms with Crippen molar-refractivity contribution in [3.8, 4) is 11.8 Å². The monoisotopic (exact) mass is 395 g/mol. The SMILES string of the molecule is CC([NH2+]c1ccc(F)cc1)=C(C=N)C(=O)Nc1ccc(OCC(C)C)c(C#N)c1. The van der Waals surface area contributed by atoms with E-state index in [1.54, 1.807) is 36.5 Å². The zero-order chi connectivity index (χ0) is 21.4. The number of benzene rings is 2. The van der Waals surface area contributed by atoms with E-state index in [0.29, 0.717) is 35.2 Å². The van der Waals surface area contributed by atoms with Crippen LogP contribution in [0.25, 0.3) is 0 Å². The molecule has 2 rings (SSSR count). The van der Waals surface area contributed by atoms with Gasteiger partial charge in [-0.15, -0.1) is 0 Å². The van der Waals surface area contributed by atoms with Gasteiger partial charge in [0.25, 0.3) is 5.91 Å². The van der Waals surface area contributed by atoms with Crippen LogP contribution in [0.2, 0.25) is 0 Å². The smallest absolute Gasteiger partial charge is 0.262 e. The summed E-state index contributed by atoms with van der Waals surface area (Å²) in [4.78, 5) is 12.6. The maximum absolute atomic E-state index is 13.0. The molecule has 0 bridgehead atoms. The number of hydrogen-bond acceptors (Lipinski definition) is 4. The lowest BCUT2D eigenvalue weighted by Gasteiger charge is -2.12. The standard InChI is InChI=1S/C22H23FN4O2/c1-14(2)13-29-21-9-8-19(10-16(21)11-24)27-22(28)20(12-25)15(3)26-18-6-4-17(23)5-7-18/h4-10,12,14,25-26H,13H2,1-3H3,(H,27,28)/p+1. The quantitative estimate of drug-likeness (QED) is 0.362. The second kappa shape index (κ2) is 10.2. The maximum Gasteiger partial charge on any atom is 0.262 e. The highest BCUT2D eigenvalue weighted by atomic mass is 19.1. The number of amides is 1. The van der Waals surface area contributed by atoms with E-state index in [4.69, 9.17) is 10.1 Å². The second-order valence-electron chi connectivity index (χ2n) is 6.92. The van der Waals surface area contributed by atoms with E-state index < -0.39 is 5.91 Å². The van der Waals surface area contributed by atoms with Crippen molar-refractivity contribution in [1.29, 1.82) is 10.7 Å². The number of anilines is 1. The van der Waals surface area contributed by atoms with E-state index in [1.165, 1.54) is 18.2 Å². The zero-order valence-electron chi connectivity index (χ0n) is 16.6. The van der Waals surface area contributed by atoms with Crippen molar-refractivity contribution < 1.29 is 19.2 Å². The molecule has 0 radical (unpaired) electrons. The number of nitriles is 1. The summed E-state index contributed by atoms with van der Waals surface area (Å²) in [5.74, 6) is -0.0390. The lowest BCUT2D eigenvalue weighted by atomic mass is 10.1. The van der Waals surface area contributed by atoms with Crippen molar-refractivity contribution in [2.24, 2.45) is 5.92 Å². The van der Waals surface area contributed by atoms with Crippen molar-refractivity contribution in [1.82, 2.24) is 0 Å². The Bertz CT molecular complexity index is 960. The lowest BCUT2D eigenvalue weighted by Crippen LogP contribution is -2.75. The van der Waals surface area contributed by atoms with Gasteiger partial charge in [0, 0.05) is 31.0 Å². The van der Waals surface area contributed by atoms with Gasteiger partial charge in [-0.1, -0.05) is 13.8 Å². The Kier molecular flexibility index (Phi) is 7.63. The molecule has 2 aromatic rings. The summed E-state index contributed by atoms with van der Waals surface area (Å²) in [6, 6.07) is 12.7. The number of quaternary nitrogens is 1. The molecule has 0 aliphatic heterocycles. The number of ether oxygens (including phenoxy) is 1. The summed E-state index contributed by atoms with van der Waals surface area (Å²) in [6.07, 6.45) is 0.968. The van der Waals surface area contributed by atoms with Crippen LogP contribution in [0, 0.1) is 28.5 Å². The van der Waals surface area contributed by atoms with E-state index in [1.807, 2.05) is 13.8 Å². The number of nitrogens with two attached hydrogens (primary N) is 1. The van der Waals surface area contributed by atoms with Crippen LogP contribution < -0.4 is 15.4 Å². The van der Waals surface area contributed by atoms with E-state index in [2.05, 4.69) is 11.4 Å². The summed E-state index contributed by atoms with van der Waals surface area (Å²) >= 11 is 0. The predicted molar refractivity (Wildman–Crippen MR) is 110 cm³/mol. The maximum atomic E-state index is 13.0. The van der Waals surface area contributed by atoms with Crippen molar-refractivity contribution in [2.45, 2.75) is 20.8 Å². The fourth-order valence-electron chi connectivity index (χ4n) is 2.52. The normalized spacial score (nSPS) is 11.4. The topological polar surface area (TPSA) is 103 Å². The molecule has 4 N–H and O–H groups in total. The molecule has 0 saturated carbocycles. The Hall–Kier alpha value is -3.50. The summed E-state index contributed by atoms with van der Waals surface area (Å²) in [6.45, 7) is 6.21. The summed E-state index contributed by atoms with van der Waals surface area (Å²) < 4.78 is 18.7. The van der Waals surface area contributed by atoms with Crippen molar-refractivity contribution in [3.63, 3.8) is 0 Å². The molecule has 29 heavy (non-hydrogen) atoms. The van der Waals surface area contributed by atoms with E-state index in [0.717, 1.165) is 11.9 Å². The molecule has 6 nitrogen and oxygen atoms in total. The van der Waals surface area contributed by atoms with Gasteiger partial charge in [0.05, 0.1) is 12.2 Å². The minimum Gasteiger partial charge on any atom is -0.492 e. The molecular weight excluding hydrogens is 371 g/mol. The van der Waals surface area contributed by atoms with Gasteiger partial charge < -0.3 is 15.5 Å². The number of allylic oxidation sites excluding steroid dienone is 1. The van der Waals surface area contributed by atoms with Gasteiger partial charge in [-0.2, -0.15) is 5.26 Å². The van der Waals surface area contributed by atoms with Gasteiger partial charge in [0.15, 0.2) is 0 Å². The summed E-state index contributed by atoms with van der Waals surface area (Å²) in [5, 5.41) is 21.3. The summed E-state index contributed by atoms with van der Waals surface area (Å²) in [5.41, 5.74) is 2.18. The van der Waals surface area contributed by atoms with Crippen molar-refractivity contribution in [3.05, 3.63) is 65.1 Å². The van der Waals surface area contributed by atoms with E-state index in [9.17, 15) is 14.4 Å². The predicted octanol–water partition coefficient (Wildman–Crippen LogP) is 3.49. The number of halogens is 1. The molecule has 0 fully saturated rings. The van der Waals surface area contributed by atoms with Crippen LogP contribution in [0.1, 0.15) is 26.3 Å². The number of rotatable bonds is 8. The fraction of sp³-hybridized carbons (Fsp3) is 0.227. The molecule has 150 valence electrons. The molecule has 0 unspecified atom stereocenters. The molecule has 0 aliphatic rings. The molecule has 0 aliphatic carbocycles. The first-order valence-corrected chi connectivity index (χ1v) is 9.14. The number of nitrogens with zero attached hydrogens (tertiary/aromatic N) is 1. The van der Waals surface area contributed by atoms with Gasteiger partial charge in [0.2, 0.25) is 0 Å². The Morgan fingerprint density at radius 3 is 2.59 bits per heavy atom. The highest BCUT2D eigenvalue weighted by Gasteiger charge is 2.16. The van der Waals surface area contributed by atoms with Crippen LogP contribution in [0.15, 0.2) is 53.7 Å². The first kappa shape index (κ1) is 21.8. The van der Waals surface area contributed by atoms with Gasteiger partial charge >= 0.3 is 0 Å². The van der Waals surface area contributed by atoms with Gasteiger partial charge in [-0.25, -0.2) is 4.39 Å². The summed E-state index contributed by atoms with van der Waals surface area (Å²) in [7, 11) is 0. The Morgan fingerprint density at radius 1 is 1.31 bits per heavy atom. The first-order valence-electron chi connectivity index (χ1n) is 9.14. The number of carbonyl (C=O) groups is 1. The molecule has 1 amide bonds. The molecule has 0 heterocycles. The molecular formula is C22H24FN4O2+. The molecule has 0 saturated heterocycles. The highest BCUT2D eigenvalue weighted by Crippen LogP contribution is 2.23. The average molecular weight is 395 g/mol. The largest absolute Gasteiger partial charge is 0.492 e. The second-order valence-corrected chi connectivity index (χ2v) is 6.92. The van der Waals surface area contributed by atoms with Gasteiger partial charge in [0.1, 0.15) is 34.6 Å². The third kappa shape index (κ3) is 6.26. The molecule has 0 atom stereocenters. The van der Waals surface area contributed by atoms with E-state index in [-0.39, 0.29) is 11.4 Å². The van der Waals surface area contributed by atoms with Crippen LogP contribution in [0.4, 0.5) is 15.8 Å². The highest BCUT2D eigenvalue weighted by molar-refractivity contribution is 6.17. The van der Waals surface area contributed by atoms with Gasteiger partial charge in [-0.05, 0) is 36.2 Å².